The molecule has 144 valence electrons. The van der Waals surface area contributed by atoms with Crippen LogP contribution in [0.2, 0.25) is 0 Å². The number of urea groups is 1. The summed E-state index contributed by atoms with van der Waals surface area (Å²) in [5.74, 6) is 0.662. The van der Waals surface area contributed by atoms with Gasteiger partial charge in [0.15, 0.2) is 0 Å². The van der Waals surface area contributed by atoms with Crippen LogP contribution >= 0.6 is 0 Å². The number of rotatable bonds is 5. The highest BCUT2D eigenvalue weighted by molar-refractivity contribution is 5.74. The third-order valence-electron chi connectivity index (χ3n) is 5.35. The molecular weight excluding hydrogens is 332 g/mol. The molecule has 0 saturated carbocycles. The molecule has 1 aromatic rings. The van der Waals surface area contributed by atoms with Gasteiger partial charge in [0.25, 0.3) is 5.56 Å². The molecule has 0 radical (unpaired) electrons. The summed E-state index contributed by atoms with van der Waals surface area (Å²) in [5, 5.41) is 2.98. The number of amides is 2. The second kappa shape index (κ2) is 8.66. The average Bonchev–Trinajstić information content (AvgIpc) is 3.15. The highest BCUT2D eigenvalue weighted by Crippen LogP contribution is 2.19. The predicted octanol–water partition coefficient (Wildman–Crippen LogP) is 1.97. The van der Waals surface area contributed by atoms with Crippen molar-refractivity contribution in [1.82, 2.24) is 19.8 Å². The van der Waals surface area contributed by atoms with Crippen LogP contribution in [-0.2, 0) is 11.3 Å². The molecule has 2 amide bonds. The Morgan fingerprint density at radius 1 is 1.35 bits per heavy atom. The van der Waals surface area contributed by atoms with E-state index in [1.54, 1.807) is 17.0 Å². The maximum Gasteiger partial charge on any atom is 0.317 e. The fourth-order valence-electron chi connectivity index (χ4n) is 3.61. The third-order valence-corrected chi connectivity index (χ3v) is 5.35. The molecule has 1 aromatic heterocycles. The molecule has 26 heavy (non-hydrogen) atoms. The molecule has 3 heterocycles. The highest BCUT2D eigenvalue weighted by atomic mass is 16.5. The van der Waals surface area contributed by atoms with Crippen LogP contribution in [-0.4, -0.2) is 52.8 Å². The van der Waals surface area contributed by atoms with E-state index in [0.717, 1.165) is 51.1 Å². The number of likely N-dealkylation sites (tertiary alicyclic amines) is 1. The fourth-order valence-corrected chi connectivity index (χ4v) is 3.61. The number of hydrogen-bond donors (Lipinski definition) is 1. The first kappa shape index (κ1) is 18.9. The minimum atomic E-state index is -0.000861. The first-order valence-electron chi connectivity index (χ1n) is 9.73. The van der Waals surface area contributed by atoms with Gasteiger partial charge in [-0.15, -0.1) is 0 Å². The molecule has 2 aliphatic rings. The molecule has 1 atom stereocenters. The largest absolute Gasteiger partial charge is 0.376 e. The Hall–Kier alpha value is -1.89. The normalized spacial score (nSPS) is 21.3. The molecule has 0 aromatic carbocycles. The van der Waals surface area contributed by atoms with Crippen LogP contribution in [0.25, 0.3) is 0 Å². The van der Waals surface area contributed by atoms with E-state index in [4.69, 9.17) is 4.74 Å². The standard InChI is InChI=1S/C19H30N4O3/c1-14(2)17-10-18(24)23(13-21-17)12-15-5-7-22(8-6-15)19(25)20-11-16-4-3-9-26-16/h10,13-16H,3-9,11-12H2,1-2H3,(H,20,25). The van der Waals surface area contributed by atoms with Gasteiger partial charge in [-0.05, 0) is 37.5 Å². The zero-order valence-electron chi connectivity index (χ0n) is 15.8. The maximum absolute atomic E-state index is 12.3. The Morgan fingerprint density at radius 2 is 2.12 bits per heavy atom. The SMILES string of the molecule is CC(C)c1cc(=O)n(CC2CCN(C(=O)NCC3CCCO3)CC2)cn1. The number of nitrogens with one attached hydrogen (secondary N) is 1. The van der Waals surface area contributed by atoms with Crippen LogP contribution in [0.4, 0.5) is 4.79 Å². The molecule has 2 saturated heterocycles. The lowest BCUT2D eigenvalue weighted by molar-refractivity contribution is 0.107. The van der Waals surface area contributed by atoms with Crippen molar-refractivity contribution in [2.75, 3.05) is 26.2 Å². The number of ether oxygens (including phenoxy) is 1. The van der Waals surface area contributed by atoms with E-state index >= 15 is 0 Å². The van der Waals surface area contributed by atoms with Crippen molar-refractivity contribution in [2.24, 2.45) is 5.92 Å². The van der Waals surface area contributed by atoms with Crippen molar-refractivity contribution < 1.29 is 9.53 Å². The van der Waals surface area contributed by atoms with E-state index in [1.165, 1.54) is 0 Å². The van der Waals surface area contributed by atoms with E-state index < -0.39 is 0 Å². The molecule has 0 spiro atoms. The number of carbonyl (C=O) groups excluding carboxylic acids is 1. The molecule has 0 aliphatic carbocycles. The van der Waals surface area contributed by atoms with Crippen LogP contribution in [0, 0.1) is 5.92 Å². The number of piperidine rings is 1. The van der Waals surface area contributed by atoms with Crippen molar-refractivity contribution in [3.05, 3.63) is 28.4 Å². The van der Waals surface area contributed by atoms with Crippen molar-refractivity contribution in [3.63, 3.8) is 0 Å². The molecular formula is C19H30N4O3. The van der Waals surface area contributed by atoms with Crippen molar-refractivity contribution >= 4 is 6.03 Å². The molecule has 3 rings (SSSR count). The topological polar surface area (TPSA) is 76.5 Å². The average molecular weight is 362 g/mol. The van der Waals surface area contributed by atoms with Crippen LogP contribution in [0.15, 0.2) is 17.2 Å². The quantitative estimate of drug-likeness (QED) is 0.869. The van der Waals surface area contributed by atoms with E-state index in [-0.39, 0.29) is 23.6 Å². The smallest absolute Gasteiger partial charge is 0.317 e. The zero-order valence-corrected chi connectivity index (χ0v) is 15.8. The summed E-state index contributed by atoms with van der Waals surface area (Å²) in [5.41, 5.74) is 0.851. The van der Waals surface area contributed by atoms with Gasteiger partial charge < -0.3 is 15.0 Å². The van der Waals surface area contributed by atoms with Gasteiger partial charge in [0, 0.05) is 38.9 Å². The molecule has 7 heteroatoms. The lowest BCUT2D eigenvalue weighted by Gasteiger charge is -2.32. The summed E-state index contributed by atoms with van der Waals surface area (Å²) in [7, 11) is 0. The van der Waals surface area contributed by atoms with Gasteiger partial charge >= 0.3 is 6.03 Å². The number of hydrogen-bond acceptors (Lipinski definition) is 4. The Balaban J connectivity index is 1.44. The molecule has 7 nitrogen and oxygen atoms in total. The second-order valence-corrected chi connectivity index (χ2v) is 7.71. The number of aromatic nitrogens is 2. The van der Waals surface area contributed by atoms with Gasteiger partial charge in [-0.2, -0.15) is 0 Å². The molecule has 2 aliphatic heterocycles. The van der Waals surface area contributed by atoms with Gasteiger partial charge in [0.1, 0.15) is 0 Å². The lowest BCUT2D eigenvalue weighted by atomic mass is 9.97. The maximum atomic E-state index is 12.3. The van der Waals surface area contributed by atoms with Gasteiger partial charge in [0.2, 0.25) is 0 Å². The molecule has 1 N–H and O–H groups in total. The first-order valence-corrected chi connectivity index (χ1v) is 9.73. The van der Waals surface area contributed by atoms with E-state index in [9.17, 15) is 9.59 Å². The van der Waals surface area contributed by atoms with Crippen LogP contribution in [0.1, 0.15) is 51.1 Å². The van der Waals surface area contributed by atoms with Gasteiger partial charge in [0.05, 0.1) is 18.1 Å². The summed E-state index contributed by atoms with van der Waals surface area (Å²) < 4.78 is 7.23. The summed E-state index contributed by atoms with van der Waals surface area (Å²) in [6.45, 7) is 7.61. The summed E-state index contributed by atoms with van der Waals surface area (Å²) >= 11 is 0. The second-order valence-electron chi connectivity index (χ2n) is 7.71. The summed E-state index contributed by atoms with van der Waals surface area (Å²) in [6, 6.07) is 1.64. The Kier molecular flexibility index (Phi) is 6.29. The van der Waals surface area contributed by atoms with E-state index in [2.05, 4.69) is 10.3 Å². The van der Waals surface area contributed by atoms with Gasteiger partial charge in [-0.3, -0.25) is 9.36 Å². The predicted molar refractivity (Wildman–Crippen MR) is 99.3 cm³/mol. The van der Waals surface area contributed by atoms with Crippen LogP contribution in [0.5, 0.6) is 0 Å². The monoisotopic (exact) mass is 362 g/mol. The van der Waals surface area contributed by atoms with Gasteiger partial charge in [-0.25, -0.2) is 9.78 Å². The molecule has 1 unspecified atom stereocenters. The van der Waals surface area contributed by atoms with Crippen LogP contribution < -0.4 is 10.9 Å². The lowest BCUT2D eigenvalue weighted by Crippen LogP contribution is -2.46. The van der Waals surface area contributed by atoms with E-state index in [0.29, 0.717) is 19.0 Å². The number of nitrogens with zero attached hydrogens (tertiary/aromatic N) is 3. The van der Waals surface area contributed by atoms with Crippen molar-refractivity contribution in [1.29, 1.82) is 0 Å². The molecule has 2 fully saturated rings. The minimum Gasteiger partial charge on any atom is -0.376 e. The Morgan fingerprint density at radius 3 is 2.73 bits per heavy atom. The van der Waals surface area contributed by atoms with Gasteiger partial charge in [-0.1, -0.05) is 13.8 Å². The van der Waals surface area contributed by atoms with Crippen LogP contribution in [0.3, 0.4) is 0 Å². The Bertz CT molecular complexity index is 659. The van der Waals surface area contributed by atoms with Crippen molar-refractivity contribution in [3.8, 4) is 0 Å². The zero-order chi connectivity index (χ0) is 18.5. The third kappa shape index (κ3) is 4.84. The summed E-state index contributed by atoms with van der Waals surface area (Å²) in [4.78, 5) is 30.8. The first-order chi connectivity index (χ1) is 12.5. The van der Waals surface area contributed by atoms with Crippen molar-refractivity contribution in [2.45, 2.75) is 58.1 Å². The van der Waals surface area contributed by atoms with E-state index in [1.807, 2.05) is 18.7 Å². The fraction of sp³-hybridized carbons (Fsp3) is 0.737. The Labute approximate surface area is 154 Å². The highest BCUT2D eigenvalue weighted by Gasteiger charge is 2.24. The summed E-state index contributed by atoms with van der Waals surface area (Å²) in [6.07, 6.45) is 5.76. The minimum absolute atomic E-state index is 0.000861. The molecule has 0 bridgehead atoms. The number of carbonyl (C=O) groups is 1.